The van der Waals surface area contributed by atoms with Gasteiger partial charge in [-0.2, -0.15) is 0 Å². The maximum Gasteiger partial charge on any atom is 0.264 e. The van der Waals surface area contributed by atoms with Crippen LogP contribution >= 0.6 is 34.5 Å². The first-order valence-corrected chi connectivity index (χ1v) is 9.66. The lowest BCUT2D eigenvalue weighted by molar-refractivity contribution is -0.121. The highest BCUT2D eigenvalue weighted by Crippen LogP contribution is 2.28. The number of piperidine rings is 1. The number of nitrogens with one attached hydrogen (secondary N) is 1. The van der Waals surface area contributed by atoms with E-state index in [4.69, 9.17) is 23.2 Å². The molecule has 1 aromatic carbocycles. The fraction of sp³-hybridized carbons (Fsp3) is 0.333. The molecule has 1 atom stereocenters. The third-order valence-electron chi connectivity index (χ3n) is 4.20. The fourth-order valence-corrected chi connectivity index (χ4v) is 4.11. The lowest BCUT2D eigenvalue weighted by atomic mass is 10.0. The molecule has 2 aromatic rings. The largest absolute Gasteiger partial charge is 0.326 e. The number of likely N-dealkylation sites (tertiary alicyclic amines) is 1. The molecule has 1 N–H and O–H groups in total. The first kappa shape index (κ1) is 18.2. The zero-order valence-corrected chi connectivity index (χ0v) is 16.0. The molecule has 0 spiro atoms. The molecule has 0 radical (unpaired) electrons. The summed E-state index contributed by atoms with van der Waals surface area (Å²) in [5.74, 6) is -0.319. The number of anilines is 1. The predicted octanol–water partition coefficient (Wildman–Crippen LogP) is 5.00. The van der Waals surface area contributed by atoms with Crippen molar-refractivity contribution in [3.8, 4) is 0 Å². The van der Waals surface area contributed by atoms with Crippen molar-refractivity contribution in [1.29, 1.82) is 0 Å². The molecular weight excluding hydrogens is 379 g/mol. The first-order chi connectivity index (χ1) is 12.0. The van der Waals surface area contributed by atoms with Gasteiger partial charge in [-0.05, 0) is 56.5 Å². The average molecular weight is 397 g/mol. The second kappa shape index (κ2) is 7.77. The second-order valence-electron chi connectivity index (χ2n) is 6.03. The summed E-state index contributed by atoms with van der Waals surface area (Å²) in [6.07, 6.45) is 2.45. The summed E-state index contributed by atoms with van der Waals surface area (Å²) >= 11 is 13.5. The number of carbonyl (C=O) groups excluding carboxylic acids is 2. The predicted molar refractivity (Wildman–Crippen MR) is 103 cm³/mol. The molecule has 0 saturated carbocycles. The van der Waals surface area contributed by atoms with Crippen LogP contribution < -0.4 is 5.32 Å². The van der Waals surface area contributed by atoms with Gasteiger partial charge in [-0.25, -0.2) is 0 Å². The van der Waals surface area contributed by atoms with Gasteiger partial charge in [0.05, 0.1) is 15.6 Å². The maximum atomic E-state index is 12.8. The van der Waals surface area contributed by atoms with E-state index in [0.29, 0.717) is 33.6 Å². The van der Waals surface area contributed by atoms with Crippen molar-refractivity contribution < 1.29 is 9.59 Å². The minimum Gasteiger partial charge on any atom is -0.326 e. The van der Waals surface area contributed by atoms with E-state index in [2.05, 4.69) is 5.32 Å². The van der Waals surface area contributed by atoms with E-state index in [1.807, 2.05) is 19.1 Å². The fourth-order valence-electron chi connectivity index (χ4n) is 2.95. The molecule has 0 bridgehead atoms. The molecule has 0 unspecified atom stereocenters. The minimum atomic E-state index is -0.501. The molecule has 1 saturated heterocycles. The van der Waals surface area contributed by atoms with E-state index >= 15 is 0 Å². The number of carbonyl (C=O) groups is 2. The van der Waals surface area contributed by atoms with Gasteiger partial charge in [-0.15, -0.1) is 11.3 Å². The van der Waals surface area contributed by atoms with Crippen LogP contribution in [-0.2, 0) is 4.79 Å². The van der Waals surface area contributed by atoms with Gasteiger partial charge in [0, 0.05) is 16.4 Å². The molecule has 1 aliphatic heterocycles. The number of rotatable bonds is 3. The van der Waals surface area contributed by atoms with Crippen LogP contribution in [0.5, 0.6) is 0 Å². The van der Waals surface area contributed by atoms with E-state index in [1.165, 1.54) is 11.3 Å². The molecule has 7 heteroatoms. The van der Waals surface area contributed by atoms with Crippen molar-refractivity contribution in [2.24, 2.45) is 0 Å². The van der Waals surface area contributed by atoms with Crippen LogP contribution in [0.4, 0.5) is 5.69 Å². The van der Waals surface area contributed by atoms with Gasteiger partial charge in [0.25, 0.3) is 5.91 Å². The normalized spacial score (nSPS) is 17.4. The van der Waals surface area contributed by atoms with Crippen molar-refractivity contribution in [2.45, 2.75) is 32.2 Å². The topological polar surface area (TPSA) is 49.4 Å². The van der Waals surface area contributed by atoms with Crippen molar-refractivity contribution >= 4 is 52.0 Å². The van der Waals surface area contributed by atoms with Gasteiger partial charge in [-0.1, -0.05) is 23.2 Å². The SMILES string of the molecule is Cc1ccc(C(=O)N2CCCC[C@H]2C(=O)Nc2cc(Cl)ccc2Cl)s1. The van der Waals surface area contributed by atoms with E-state index < -0.39 is 6.04 Å². The Hall–Kier alpha value is -1.56. The van der Waals surface area contributed by atoms with Crippen LogP contribution in [0.2, 0.25) is 10.0 Å². The number of aryl methyl sites for hydroxylation is 1. The molecule has 0 aliphatic carbocycles. The van der Waals surface area contributed by atoms with Gasteiger partial charge >= 0.3 is 0 Å². The standard InChI is InChI=1S/C18H18Cl2N2O2S/c1-11-5-8-16(25-11)18(24)22-9-3-2-4-15(22)17(23)21-14-10-12(19)6-7-13(14)20/h5-8,10,15H,2-4,9H2,1H3,(H,21,23)/t15-/m0/s1. The molecule has 25 heavy (non-hydrogen) atoms. The van der Waals surface area contributed by atoms with E-state index in [1.54, 1.807) is 23.1 Å². The molecule has 4 nitrogen and oxygen atoms in total. The molecule has 1 aromatic heterocycles. The first-order valence-electron chi connectivity index (χ1n) is 8.09. The highest BCUT2D eigenvalue weighted by Gasteiger charge is 2.33. The molecule has 1 aliphatic rings. The van der Waals surface area contributed by atoms with E-state index in [-0.39, 0.29) is 11.8 Å². The quantitative estimate of drug-likeness (QED) is 0.793. The Balaban J connectivity index is 1.79. The lowest BCUT2D eigenvalue weighted by Crippen LogP contribution is -2.49. The Bertz CT molecular complexity index is 806. The Kier molecular flexibility index (Phi) is 5.67. The molecule has 1 fully saturated rings. The summed E-state index contributed by atoms with van der Waals surface area (Å²) in [6.45, 7) is 2.54. The number of thiophene rings is 1. The summed E-state index contributed by atoms with van der Waals surface area (Å²) < 4.78 is 0. The van der Waals surface area contributed by atoms with Gasteiger partial charge in [-0.3, -0.25) is 9.59 Å². The molecular formula is C18H18Cl2N2O2S. The Morgan fingerprint density at radius 2 is 2.00 bits per heavy atom. The minimum absolute atomic E-state index is 0.0878. The van der Waals surface area contributed by atoms with Crippen molar-refractivity contribution in [2.75, 3.05) is 11.9 Å². The number of benzene rings is 1. The highest BCUT2D eigenvalue weighted by atomic mass is 35.5. The molecule has 2 heterocycles. The van der Waals surface area contributed by atoms with Crippen LogP contribution in [0.3, 0.4) is 0 Å². The molecule has 132 valence electrons. The van der Waals surface area contributed by atoms with Crippen LogP contribution in [0.25, 0.3) is 0 Å². The van der Waals surface area contributed by atoms with Gasteiger partial charge in [0.2, 0.25) is 5.91 Å². The number of hydrogen-bond acceptors (Lipinski definition) is 3. The number of amides is 2. The van der Waals surface area contributed by atoms with Gasteiger partial charge in [0.1, 0.15) is 6.04 Å². The summed E-state index contributed by atoms with van der Waals surface area (Å²) in [4.78, 5) is 29.0. The summed E-state index contributed by atoms with van der Waals surface area (Å²) in [7, 11) is 0. The second-order valence-corrected chi connectivity index (χ2v) is 8.17. The Labute approximate surface area is 160 Å². The van der Waals surface area contributed by atoms with Crippen LogP contribution in [0.1, 0.15) is 33.8 Å². The highest BCUT2D eigenvalue weighted by molar-refractivity contribution is 7.13. The monoisotopic (exact) mass is 396 g/mol. The van der Waals surface area contributed by atoms with Crippen molar-refractivity contribution in [3.05, 3.63) is 50.1 Å². The van der Waals surface area contributed by atoms with E-state index in [9.17, 15) is 9.59 Å². The number of hydrogen-bond donors (Lipinski definition) is 1. The van der Waals surface area contributed by atoms with Crippen molar-refractivity contribution in [3.63, 3.8) is 0 Å². The van der Waals surface area contributed by atoms with E-state index in [0.717, 1.165) is 17.7 Å². The summed E-state index contributed by atoms with van der Waals surface area (Å²) in [6, 6.07) is 8.15. The zero-order valence-electron chi connectivity index (χ0n) is 13.7. The third-order valence-corrected chi connectivity index (χ3v) is 5.76. The van der Waals surface area contributed by atoms with Crippen LogP contribution in [0.15, 0.2) is 30.3 Å². The Morgan fingerprint density at radius 1 is 1.20 bits per heavy atom. The zero-order chi connectivity index (χ0) is 18.0. The third kappa shape index (κ3) is 4.17. The maximum absolute atomic E-state index is 12.8. The average Bonchev–Trinajstić information content (AvgIpc) is 3.04. The lowest BCUT2D eigenvalue weighted by Gasteiger charge is -2.34. The van der Waals surface area contributed by atoms with Crippen LogP contribution in [0, 0.1) is 6.92 Å². The summed E-state index contributed by atoms with van der Waals surface area (Å²) in [5.41, 5.74) is 0.462. The molecule has 2 amide bonds. The molecule has 3 rings (SSSR count). The van der Waals surface area contributed by atoms with Crippen LogP contribution in [-0.4, -0.2) is 29.3 Å². The van der Waals surface area contributed by atoms with Gasteiger partial charge < -0.3 is 10.2 Å². The Morgan fingerprint density at radius 3 is 2.72 bits per heavy atom. The smallest absolute Gasteiger partial charge is 0.264 e. The summed E-state index contributed by atoms with van der Waals surface area (Å²) in [5, 5.41) is 3.72. The van der Waals surface area contributed by atoms with Gasteiger partial charge in [0.15, 0.2) is 0 Å². The van der Waals surface area contributed by atoms with Crippen molar-refractivity contribution in [1.82, 2.24) is 4.90 Å². The number of nitrogens with zero attached hydrogens (tertiary/aromatic N) is 1. The number of halogens is 2.